The maximum Gasteiger partial charge on any atom is 0.344 e. The molecule has 1 heterocycles. The summed E-state index contributed by atoms with van der Waals surface area (Å²) in [6, 6.07) is 2.95. The molecule has 1 aromatic heterocycles. The second kappa shape index (κ2) is 4.60. The summed E-state index contributed by atoms with van der Waals surface area (Å²) in [5.74, 6) is -1.14. The number of carbonyl (C=O) groups is 1. The number of pyridine rings is 1. The summed E-state index contributed by atoms with van der Waals surface area (Å²) in [5.41, 5.74) is -0.00667. The highest BCUT2D eigenvalue weighted by atomic mass is 16.5. The predicted octanol–water partition coefficient (Wildman–Crippen LogP) is 2.18. The van der Waals surface area contributed by atoms with Crippen molar-refractivity contribution >= 4 is 5.97 Å². The van der Waals surface area contributed by atoms with Gasteiger partial charge in [-0.2, -0.15) is 0 Å². The molecule has 0 amide bonds. The van der Waals surface area contributed by atoms with Gasteiger partial charge in [-0.3, -0.25) is 5.11 Å². The second-order valence-electron chi connectivity index (χ2n) is 2.98. The van der Waals surface area contributed by atoms with Gasteiger partial charge in [0.1, 0.15) is 5.56 Å². The predicted molar refractivity (Wildman–Crippen MR) is 49.5 cm³/mol. The molecule has 0 aliphatic heterocycles. The molecule has 0 aromatic carbocycles. The van der Waals surface area contributed by atoms with Crippen LogP contribution in [-0.4, -0.2) is 17.1 Å². The molecule has 0 bridgehead atoms. The molecule has 1 aromatic rings. The van der Waals surface area contributed by atoms with Gasteiger partial charge in [0.05, 0.1) is 6.10 Å². The van der Waals surface area contributed by atoms with E-state index in [1.807, 2.05) is 6.92 Å². The SMILES string of the molecule is CCC(C)OC(=O)c1cccnc1[O]. The Morgan fingerprint density at radius 2 is 2.36 bits per heavy atom. The van der Waals surface area contributed by atoms with E-state index < -0.39 is 11.8 Å². The van der Waals surface area contributed by atoms with Crippen LogP contribution in [0, 0.1) is 0 Å². The van der Waals surface area contributed by atoms with Crippen molar-refractivity contribution in [2.75, 3.05) is 0 Å². The molecule has 0 spiro atoms. The molecule has 0 aliphatic rings. The van der Waals surface area contributed by atoms with E-state index in [2.05, 4.69) is 4.98 Å². The van der Waals surface area contributed by atoms with Gasteiger partial charge in [-0.15, -0.1) is 0 Å². The van der Waals surface area contributed by atoms with E-state index in [4.69, 9.17) is 4.74 Å². The summed E-state index contributed by atoms with van der Waals surface area (Å²) >= 11 is 0. The van der Waals surface area contributed by atoms with Crippen LogP contribution in [0.1, 0.15) is 30.6 Å². The van der Waals surface area contributed by atoms with Crippen LogP contribution in [0.3, 0.4) is 0 Å². The molecule has 0 saturated heterocycles. The summed E-state index contributed by atoms with van der Waals surface area (Å²) < 4.78 is 4.99. The fourth-order valence-corrected chi connectivity index (χ4v) is 0.876. The third-order valence-electron chi connectivity index (χ3n) is 1.87. The Hall–Kier alpha value is -1.58. The van der Waals surface area contributed by atoms with Crippen molar-refractivity contribution in [1.82, 2.24) is 4.98 Å². The summed E-state index contributed by atoms with van der Waals surface area (Å²) in [5, 5.41) is 11.1. The van der Waals surface area contributed by atoms with Crippen molar-refractivity contribution < 1.29 is 14.6 Å². The minimum atomic E-state index is -0.600. The van der Waals surface area contributed by atoms with Crippen molar-refractivity contribution in [2.24, 2.45) is 0 Å². The minimum absolute atomic E-state index is 0.00667. The highest BCUT2D eigenvalue weighted by Crippen LogP contribution is 2.15. The summed E-state index contributed by atoms with van der Waals surface area (Å²) in [6.07, 6.45) is 1.89. The zero-order valence-electron chi connectivity index (χ0n) is 8.19. The van der Waals surface area contributed by atoms with Crippen LogP contribution in [0.15, 0.2) is 18.3 Å². The molecular formula is C10H12NO3. The van der Waals surface area contributed by atoms with Crippen molar-refractivity contribution in [1.29, 1.82) is 0 Å². The van der Waals surface area contributed by atoms with Gasteiger partial charge in [-0.1, -0.05) is 6.92 Å². The van der Waals surface area contributed by atoms with E-state index in [0.717, 1.165) is 6.42 Å². The van der Waals surface area contributed by atoms with E-state index in [0.29, 0.717) is 0 Å². The quantitative estimate of drug-likeness (QED) is 0.693. The number of aromatic nitrogens is 1. The van der Waals surface area contributed by atoms with Gasteiger partial charge in [0, 0.05) is 6.20 Å². The fourth-order valence-electron chi connectivity index (χ4n) is 0.876. The highest BCUT2D eigenvalue weighted by molar-refractivity contribution is 5.91. The first kappa shape index (κ1) is 10.5. The Labute approximate surface area is 82.5 Å². The number of nitrogens with zero attached hydrogens (tertiary/aromatic N) is 1. The number of carbonyl (C=O) groups excluding carboxylic acids is 1. The molecule has 4 heteroatoms. The third kappa shape index (κ3) is 2.45. The van der Waals surface area contributed by atoms with E-state index >= 15 is 0 Å². The molecule has 4 nitrogen and oxygen atoms in total. The van der Waals surface area contributed by atoms with E-state index in [9.17, 15) is 9.90 Å². The third-order valence-corrected chi connectivity index (χ3v) is 1.87. The lowest BCUT2D eigenvalue weighted by molar-refractivity contribution is 0.0328. The van der Waals surface area contributed by atoms with Crippen LogP contribution in [0.2, 0.25) is 0 Å². The lowest BCUT2D eigenvalue weighted by atomic mass is 10.2. The molecule has 0 aliphatic carbocycles. The zero-order chi connectivity index (χ0) is 10.6. The first-order chi connectivity index (χ1) is 6.65. The van der Waals surface area contributed by atoms with Gasteiger partial charge in [0.15, 0.2) is 0 Å². The number of hydrogen-bond acceptors (Lipinski definition) is 3. The van der Waals surface area contributed by atoms with Crippen molar-refractivity contribution in [2.45, 2.75) is 26.4 Å². The maximum absolute atomic E-state index is 11.4. The number of ether oxygens (including phenoxy) is 1. The first-order valence-electron chi connectivity index (χ1n) is 4.48. The first-order valence-corrected chi connectivity index (χ1v) is 4.48. The Kier molecular flexibility index (Phi) is 3.45. The van der Waals surface area contributed by atoms with Crippen molar-refractivity contribution in [3.63, 3.8) is 0 Å². The molecule has 1 rings (SSSR count). The molecule has 75 valence electrons. The van der Waals surface area contributed by atoms with E-state index in [1.165, 1.54) is 18.3 Å². The zero-order valence-corrected chi connectivity index (χ0v) is 8.19. The normalized spacial score (nSPS) is 12.1. The molecule has 1 unspecified atom stereocenters. The Balaban J connectivity index is 2.75. The number of rotatable bonds is 3. The Bertz CT molecular complexity index is 325. The fraction of sp³-hybridized carbons (Fsp3) is 0.400. The lowest BCUT2D eigenvalue weighted by Crippen LogP contribution is -2.14. The van der Waals surface area contributed by atoms with Gasteiger partial charge in [0.25, 0.3) is 5.88 Å². The van der Waals surface area contributed by atoms with Crippen LogP contribution in [0.4, 0.5) is 0 Å². The standard InChI is InChI=1S/C10H12NO3/c1-3-7(2)14-10(13)8-5-4-6-11-9(8)12/h4-7H,3H2,1-2H3. The van der Waals surface area contributed by atoms with Crippen molar-refractivity contribution in [3.8, 4) is 5.88 Å². The monoisotopic (exact) mass is 194 g/mol. The number of esters is 1. The highest BCUT2D eigenvalue weighted by Gasteiger charge is 2.16. The van der Waals surface area contributed by atoms with Crippen LogP contribution in [0.5, 0.6) is 5.88 Å². The largest absolute Gasteiger partial charge is 0.459 e. The number of hydrogen-bond donors (Lipinski definition) is 0. The van der Waals surface area contributed by atoms with Crippen LogP contribution in [-0.2, 0) is 9.84 Å². The van der Waals surface area contributed by atoms with Gasteiger partial charge >= 0.3 is 5.97 Å². The van der Waals surface area contributed by atoms with Crippen molar-refractivity contribution in [3.05, 3.63) is 23.9 Å². The molecule has 0 N–H and O–H groups in total. The molecule has 14 heavy (non-hydrogen) atoms. The van der Waals surface area contributed by atoms with Crippen LogP contribution in [0.25, 0.3) is 0 Å². The molecule has 0 saturated carbocycles. The van der Waals surface area contributed by atoms with Gasteiger partial charge < -0.3 is 4.74 Å². The average Bonchev–Trinajstić information content (AvgIpc) is 2.18. The molecule has 1 atom stereocenters. The lowest BCUT2D eigenvalue weighted by Gasteiger charge is -2.10. The average molecular weight is 194 g/mol. The molecule has 0 fully saturated rings. The Morgan fingerprint density at radius 1 is 1.64 bits per heavy atom. The second-order valence-corrected chi connectivity index (χ2v) is 2.98. The molecule has 1 radical (unpaired) electrons. The summed E-state index contributed by atoms with van der Waals surface area (Å²) in [6.45, 7) is 3.68. The van der Waals surface area contributed by atoms with Gasteiger partial charge in [-0.25, -0.2) is 9.78 Å². The summed E-state index contributed by atoms with van der Waals surface area (Å²) in [4.78, 5) is 14.8. The summed E-state index contributed by atoms with van der Waals surface area (Å²) in [7, 11) is 0. The molecular weight excluding hydrogens is 182 g/mol. The Morgan fingerprint density at radius 3 is 2.93 bits per heavy atom. The van der Waals surface area contributed by atoms with Crippen LogP contribution >= 0.6 is 0 Å². The van der Waals surface area contributed by atoms with E-state index in [-0.39, 0.29) is 11.7 Å². The topological polar surface area (TPSA) is 59.1 Å². The van der Waals surface area contributed by atoms with Gasteiger partial charge in [0.2, 0.25) is 0 Å². The minimum Gasteiger partial charge on any atom is -0.459 e. The smallest absolute Gasteiger partial charge is 0.344 e. The maximum atomic E-state index is 11.4. The van der Waals surface area contributed by atoms with Crippen LogP contribution < -0.4 is 0 Å². The van der Waals surface area contributed by atoms with E-state index in [1.54, 1.807) is 6.92 Å². The van der Waals surface area contributed by atoms with Gasteiger partial charge in [-0.05, 0) is 25.5 Å².